The molecule has 0 aromatic carbocycles. The fraction of sp³-hybridized carbons (Fsp3) is 1.00. The molecule has 0 aliphatic heterocycles. The number of aliphatic hydroxyl groups excluding tert-OH is 1. The minimum atomic E-state index is -4.24. The fourth-order valence-electron chi connectivity index (χ4n) is 0.160. The molecule has 0 aromatic rings. The van der Waals surface area contributed by atoms with Gasteiger partial charge in [0.2, 0.25) is 0 Å². The first-order chi connectivity index (χ1) is 3.92. The van der Waals surface area contributed by atoms with Crippen LogP contribution in [-0.2, 0) is 10.3 Å². The van der Waals surface area contributed by atoms with Crippen molar-refractivity contribution in [3.8, 4) is 0 Å². The number of hydrogen-bond acceptors (Lipinski definition) is 4. The zero-order chi connectivity index (χ0) is 7.49. The quantitative estimate of drug-likeness (QED) is 0.220. The van der Waals surface area contributed by atoms with Gasteiger partial charge in [-0.3, -0.25) is 4.55 Å². The van der Waals surface area contributed by atoms with Crippen LogP contribution in [0.25, 0.3) is 0 Å². The second kappa shape index (κ2) is 3.08. The molecule has 0 saturated heterocycles. The van der Waals surface area contributed by atoms with Gasteiger partial charge >= 0.3 is 10.3 Å². The van der Waals surface area contributed by atoms with Gasteiger partial charge in [0.05, 0.1) is 0 Å². The standard InChI is InChI=1S/C2H8N2O4S/c1-2(5)3-4-9(6,7)8/h2-5H,1H3,(H,6,7,8). The summed E-state index contributed by atoms with van der Waals surface area (Å²) in [5, 5.41) is 8.37. The molecule has 0 heterocycles. The highest BCUT2D eigenvalue weighted by Crippen LogP contribution is 1.69. The van der Waals surface area contributed by atoms with Crippen LogP contribution in [0.15, 0.2) is 0 Å². The molecular formula is C2H8N2O4S. The lowest BCUT2D eigenvalue weighted by molar-refractivity contribution is 0.148. The summed E-state index contributed by atoms with van der Waals surface area (Å²) in [6, 6.07) is 0. The molecule has 0 aromatic heterocycles. The predicted molar refractivity (Wildman–Crippen MR) is 29.5 cm³/mol. The van der Waals surface area contributed by atoms with E-state index in [-0.39, 0.29) is 0 Å². The van der Waals surface area contributed by atoms with E-state index in [1.807, 2.05) is 5.43 Å². The zero-order valence-electron chi connectivity index (χ0n) is 4.70. The van der Waals surface area contributed by atoms with Gasteiger partial charge in [-0.05, 0) is 6.92 Å². The highest BCUT2D eigenvalue weighted by atomic mass is 32.2. The third-order valence-electron chi connectivity index (χ3n) is 0.397. The molecule has 0 aliphatic carbocycles. The van der Waals surface area contributed by atoms with Crippen molar-refractivity contribution in [1.82, 2.24) is 10.3 Å². The van der Waals surface area contributed by atoms with Gasteiger partial charge in [-0.25, -0.2) is 5.43 Å². The molecule has 0 bridgehead atoms. The van der Waals surface area contributed by atoms with Gasteiger partial charge in [-0.1, -0.05) is 0 Å². The molecule has 6 nitrogen and oxygen atoms in total. The number of aliphatic hydroxyl groups is 1. The third-order valence-corrected chi connectivity index (χ3v) is 0.773. The highest BCUT2D eigenvalue weighted by molar-refractivity contribution is 7.83. The van der Waals surface area contributed by atoms with Crippen LogP contribution in [0.3, 0.4) is 0 Å². The monoisotopic (exact) mass is 156 g/mol. The second-order valence-electron chi connectivity index (χ2n) is 1.40. The van der Waals surface area contributed by atoms with E-state index in [0.717, 1.165) is 0 Å². The predicted octanol–water partition coefficient (Wildman–Crippen LogP) is -1.78. The number of hydrogen-bond donors (Lipinski definition) is 4. The van der Waals surface area contributed by atoms with Crippen molar-refractivity contribution < 1.29 is 18.1 Å². The largest absolute Gasteiger partial charge is 0.378 e. The molecule has 0 rings (SSSR count). The van der Waals surface area contributed by atoms with Gasteiger partial charge in [0.25, 0.3) is 0 Å². The molecule has 4 N–H and O–H groups in total. The number of hydrazine groups is 1. The molecule has 9 heavy (non-hydrogen) atoms. The summed E-state index contributed by atoms with van der Waals surface area (Å²) in [6.07, 6.45) is -1.04. The van der Waals surface area contributed by atoms with Gasteiger partial charge in [0, 0.05) is 0 Å². The van der Waals surface area contributed by atoms with E-state index in [2.05, 4.69) is 0 Å². The molecule has 1 atom stereocenters. The van der Waals surface area contributed by atoms with Crippen LogP contribution in [0, 0.1) is 0 Å². The lowest BCUT2D eigenvalue weighted by atomic mass is 10.7. The Morgan fingerprint density at radius 2 is 2.00 bits per heavy atom. The van der Waals surface area contributed by atoms with Crippen molar-refractivity contribution in [2.45, 2.75) is 13.2 Å². The van der Waals surface area contributed by atoms with Crippen molar-refractivity contribution in [3.05, 3.63) is 0 Å². The Bertz CT molecular complexity index is 161. The van der Waals surface area contributed by atoms with Crippen LogP contribution in [0.4, 0.5) is 0 Å². The first-order valence-electron chi connectivity index (χ1n) is 2.09. The Balaban J connectivity index is 3.53. The van der Waals surface area contributed by atoms with E-state index in [9.17, 15) is 8.42 Å². The third kappa shape index (κ3) is 7.79. The fourth-order valence-corrected chi connectivity index (χ4v) is 0.479. The summed E-state index contributed by atoms with van der Waals surface area (Å²) in [5.74, 6) is 0. The van der Waals surface area contributed by atoms with E-state index < -0.39 is 16.5 Å². The highest BCUT2D eigenvalue weighted by Gasteiger charge is 2.01. The maximum atomic E-state index is 9.81. The summed E-state index contributed by atoms with van der Waals surface area (Å²) in [5.41, 5.74) is 1.85. The minimum Gasteiger partial charge on any atom is -0.378 e. The van der Waals surface area contributed by atoms with Crippen LogP contribution in [0.2, 0.25) is 0 Å². The maximum Gasteiger partial charge on any atom is 0.346 e. The van der Waals surface area contributed by atoms with Crippen LogP contribution in [-0.4, -0.2) is 24.3 Å². The van der Waals surface area contributed by atoms with E-state index in [1.165, 1.54) is 11.8 Å². The van der Waals surface area contributed by atoms with Crippen LogP contribution < -0.4 is 10.3 Å². The van der Waals surface area contributed by atoms with Crippen LogP contribution in [0.1, 0.15) is 6.92 Å². The van der Waals surface area contributed by atoms with E-state index in [1.54, 1.807) is 0 Å². The first-order valence-corrected chi connectivity index (χ1v) is 3.53. The topological polar surface area (TPSA) is 98.7 Å². The van der Waals surface area contributed by atoms with Gasteiger partial charge in [0.15, 0.2) is 0 Å². The van der Waals surface area contributed by atoms with Gasteiger partial charge in [-0.15, -0.1) is 4.83 Å². The summed E-state index contributed by atoms with van der Waals surface area (Å²) in [4.78, 5) is 1.45. The van der Waals surface area contributed by atoms with Crippen LogP contribution >= 0.6 is 0 Å². The first kappa shape index (κ1) is 8.79. The molecule has 0 spiro atoms. The van der Waals surface area contributed by atoms with Crippen molar-refractivity contribution in [2.75, 3.05) is 0 Å². The summed E-state index contributed by atoms with van der Waals surface area (Å²) in [6.45, 7) is 1.29. The van der Waals surface area contributed by atoms with Gasteiger partial charge in [0.1, 0.15) is 6.23 Å². The molecule has 0 radical (unpaired) electrons. The number of nitrogens with one attached hydrogen (secondary N) is 2. The molecule has 0 amide bonds. The minimum absolute atomic E-state index is 1.04. The maximum absolute atomic E-state index is 9.81. The van der Waals surface area contributed by atoms with Crippen molar-refractivity contribution in [1.29, 1.82) is 0 Å². The Morgan fingerprint density at radius 1 is 1.56 bits per heavy atom. The van der Waals surface area contributed by atoms with Crippen LogP contribution in [0.5, 0.6) is 0 Å². The van der Waals surface area contributed by atoms with Crippen molar-refractivity contribution in [2.24, 2.45) is 0 Å². The lowest BCUT2D eigenvalue weighted by Crippen LogP contribution is -2.42. The molecule has 56 valence electrons. The molecule has 7 heteroatoms. The lowest BCUT2D eigenvalue weighted by Gasteiger charge is -2.04. The summed E-state index contributed by atoms with van der Waals surface area (Å²) >= 11 is 0. The summed E-state index contributed by atoms with van der Waals surface area (Å²) < 4.78 is 27.6. The average Bonchev–Trinajstić information content (AvgIpc) is 1.59. The Labute approximate surface area is 52.7 Å². The Morgan fingerprint density at radius 3 is 2.11 bits per heavy atom. The normalized spacial score (nSPS) is 15.4. The molecule has 0 saturated carbocycles. The molecular weight excluding hydrogens is 148 g/mol. The Hall–Kier alpha value is -0.210. The zero-order valence-corrected chi connectivity index (χ0v) is 5.51. The van der Waals surface area contributed by atoms with Crippen molar-refractivity contribution >= 4 is 10.3 Å². The van der Waals surface area contributed by atoms with Gasteiger partial charge in [-0.2, -0.15) is 8.42 Å². The van der Waals surface area contributed by atoms with Crippen molar-refractivity contribution in [3.63, 3.8) is 0 Å². The number of rotatable bonds is 3. The SMILES string of the molecule is CC(O)NNS(=O)(=O)O. The smallest absolute Gasteiger partial charge is 0.346 e. The Kier molecular flexibility index (Phi) is 3.01. The van der Waals surface area contributed by atoms with E-state index in [0.29, 0.717) is 0 Å². The molecule has 0 fully saturated rings. The van der Waals surface area contributed by atoms with E-state index >= 15 is 0 Å². The summed E-state index contributed by atoms with van der Waals surface area (Å²) in [7, 11) is -4.24. The van der Waals surface area contributed by atoms with E-state index in [4.69, 9.17) is 9.66 Å². The van der Waals surface area contributed by atoms with Gasteiger partial charge < -0.3 is 5.11 Å². The average molecular weight is 156 g/mol. The molecule has 0 aliphatic rings. The molecule has 1 unspecified atom stereocenters. The second-order valence-corrected chi connectivity index (χ2v) is 2.55.